The molecule has 20 heavy (non-hydrogen) atoms. The van der Waals surface area contributed by atoms with Crippen LogP contribution in [0.5, 0.6) is 0 Å². The maximum atomic E-state index is 12.4. The highest BCUT2D eigenvalue weighted by Crippen LogP contribution is 2.24. The number of urea groups is 1. The van der Waals surface area contributed by atoms with Crippen LogP contribution in [0, 0.1) is 0 Å². The van der Waals surface area contributed by atoms with Gasteiger partial charge in [0.15, 0.2) is 0 Å². The standard InChI is InChI=1S/C12H18N4O4/c17-9(15-3-5-20-6-4-15)7-16-10(18)12(14-11(16)19)1-2-13-8-12/h13H,1-8H2,(H,14,19). The SMILES string of the molecule is O=C(CN1C(=O)NC2(CCNC2)C1=O)N1CCOCC1. The van der Waals surface area contributed by atoms with E-state index in [1.807, 2.05) is 0 Å². The number of rotatable bonds is 2. The summed E-state index contributed by atoms with van der Waals surface area (Å²) in [4.78, 5) is 39.1. The fraction of sp³-hybridized carbons (Fsp3) is 0.750. The lowest BCUT2D eigenvalue weighted by Crippen LogP contribution is -2.50. The van der Waals surface area contributed by atoms with E-state index >= 15 is 0 Å². The minimum absolute atomic E-state index is 0.188. The molecule has 2 N–H and O–H groups in total. The summed E-state index contributed by atoms with van der Waals surface area (Å²) in [5.74, 6) is -0.506. The molecule has 1 atom stereocenters. The lowest BCUT2D eigenvalue weighted by Gasteiger charge is -2.28. The first-order valence-electron chi connectivity index (χ1n) is 6.83. The van der Waals surface area contributed by atoms with Gasteiger partial charge in [0.25, 0.3) is 5.91 Å². The summed E-state index contributed by atoms with van der Waals surface area (Å²) in [5.41, 5.74) is -0.845. The lowest BCUT2D eigenvalue weighted by molar-refractivity contribution is -0.141. The van der Waals surface area contributed by atoms with Gasteiger partial charge in [-0.05, 0) is 13.0 Å². The molecular weight excluding hydrogens is 264 g/mol. The van der Waals surface area contributed by atoms with Crippen molar-refractivity contribution in [3.63, 3.8) is 0 Å². The number of nitrogens with one attached hydrogen (secondary N) is 2. The summed E-state index contributed by atoms with van der Waals surface area (Å²) in [6, 6.07) is -0.472. The molecule has 8 heteroatoms. The first-order valence-corrected chi connectivity index (χ1v) is 6.83. The Labute approximate surface area is 116 Å². The molecule has 3 rings (SSSR count). The van der Waals surface area contributed by atoms with E-state index in [4.69, 9.17) is 4.74 Å². The van der Waals surface area contributed by atoms with Gasteiger partial charge in [0.1, 0.15) is 12.1 Å². The summed E-state index contributed by atoms with van der Waals surface area (Å²) in [6.07, 6.45) is 0.569. The molecule has 0 bridgehead atoms. The second-order valence-electron chi connectivity index (χ2n) is 5.32. The molecule has 0 saturated carbocycles. The van der Waals surface area contributed by atoms with Gasteiger partial charge in [-0.1, -0.05) is 0 Å². The minimum Gasteiger partial charge on any atom is -0.378 e. The van der Waals surface area contributed by atoms with Gasteiger partial charge in [0.05, 0.1) is 13.2 Å². The summed E-state index contributed by atoms with van der Waals surface area (Å²) >= 11 is 0. The molecule has 3 saturated heterocycles. The monoisotopic (exact) mass is 282 g/mol. The summed E-state index contributed by atoms with van der Waals surface area (Å²) in [5, 5.41) is 5.79. The Kier molecular flexibility index (Phi) is 3.35. The second kappa shape index (κ2) is 5.02. The Balaban J connectivity index is 1.66. The number of hydrogen-bond acceptors (Lipinski definition) is 5. The zero-order valence-electron chi connectivity index (χ0n) is 11.2. The Morgan fingerprint density at radius 3 is 2.70 bits per heavy atom. The van der Waals surface area contributed by atoms with Crippen molar-refractivity contribution in [1.82, 2.24) is 20.4 Å². The number of hydrogen-bond donors (Lipinski definition) is 2. The Bertz CT molecular complexity index is 441. The van der Waals surface area contributed by atoms with Crippen molar-refractivity contribution in [3.05, 3.63) is 0 Å². The van der Waals surface area contributed by atoms with E-state index in [-0.39, 0.29) is 18.4 Å². The average molecular weight is 282 g/mol. The molecule has 0 radical (unpaired) electrons. The molecule has 110 valence electrons. The average Bonchev–Trinajstić information content (AvgIpc) is 3.01. The van der Waals surface area contributed by atoms with Gasteiger partial charge in [0.2, 0.25) is 5.91 Å². The molecule has 8 nitrogen and oxygen atoms in total. The first-order chi connectivity index (χ1) is 9.62. The van der Waals surface area contributed by atoms with Crippen molar-refractivity contribution in [2.24, 2.45) is 0 Å². The van der Waals surface area contributed by atoms with Gasteiger partial charge in [-0.15, -0.1) is 0 Å². The quantitative estimate of drug-likeness (QED) is 0.579. The molecule has 3 aliphatic rings. The molecule has 0 aromatic rings. The molecule has 0 aromatic carbocycles. The predicted molar refractivity (Wildman–Crippen MR) is 67.9 cm³/mol. The molecule has 0 aliphatic carbocycles. The van der Waals surface area contributed by atoms with Gasteiger partial charge in [-0.2, -0.15) is 0 Å². The molecule has 1 spiro atoms. The maximum Gasteiger partial charge on any atom is 0.325 e. The molecule has 3 aliphatic heterocycles. The molecular formula is C12H18N4O4. The zero-order valence-corrected chi connectivity index (χ0v) is 11.2. The first kappa shape index (κ1) is 13.3. The highest BCUT2D eigenvalue weighted by atomic mass is 16.5. The van der Waals surface area contributed by atoms with Crippen LogP contribution in [0.3, 0.4) is 0 Å². The number of imide groups is 1. The van der Waals surface area contributed by atoms with Crippen LogP contribution in [0.1, 0.15) is 6.42 Å². The van der Waals surface area contributed by atoms with Crippen LogP contribution in [0.2, 0.25) is 0 Å². The number of ether oxygens (including phenoxy) is 1. The van der Waals surface area contributed by atoms with Gasteiger partial charge in [-0.25, -0.2) is 4.79 Å². The maximum absolute atomic E-state index is 12.4. The van der Waals surface area contributed by atoms with Gasteiger partial charge in [0, 0.05) is 19.6 Å². The number of morpholine rings is 1. The summed E-state index contributed by atoms with van der Waals surface area (Å²) < 4.78 is 5.18. The van der Waals surface area contributed by atoms with Crippen LogP contribution in [0.15, 0.2) is 0 Å². The highest BCUT2D eigenvalue weighted by molar-refractivity contribution is 6.09. The molecule has 1 unspecified atom stereocenters. The lowest BCUT2D eigenvalue weighted by atomic mass is 9.99. The number of nitrogens with zero attached hydrogens (tertiary/aromatic N) is 2. The number of carbonyl (C=O) groups is 3. The van der Waals surface area contributed by atoms with Crippen LogP contribution < -0.4 is 10.6 Å². The predicted octanol–water partition coefficient (Wildman–Crippen LogP) is -1.87. The van der Waals surface area contributed by atoms with E-state index in [0.717, 1.165) is 4.90 Å². The molecule has 3 fully saturated rings. The topological polar surface area (TPSA) is 91.0 Å². The van der Waals surface area contributed by atoms with Crippen molar-refractivity contribution in [1.29, 1.82) is 0 Å². The molecule has 0 aromatic heterocycles. The Morgan fingerprint density at radius 2 is 2.05 bits per heavy atom. The van der Waals surface area contributed by atoms with Crippen LogP contribution in [0.4, 0.5) is 4.79 Å². The normalized spacial score (nSPS) is 30.2. The number of amides is 4. The molecule has 4 amide bonds. The summed E-state index contributed by atoms with van der Waals surface area (Å²) in [6.45, 7) is 2.95. The van der Waals surface area contributed by atoms with E-state index < -0.39 is 11.6 Å². The van der Waals surface area contributed by atoms with Crippen LogP contribution >= 0.6 is 0 Å². The van der Waals surface area contributed by atoms with Gasteiger partial charge < -0.3 is 20.3 Å². The van der Waals surface area contributed by atoms with Crippen molar-refractivity contribution in [2.45, 2.75) is 12.0 Å². The van der Waals surface area contributed by atoms with Gasteiger partial charge in [-0.3, -0.25) is 14.5 Å². The Hall–Kier alpha value is -1.67. The van der Waals surface area contributed by atoms with E-state index in [0.29, 0.717) is 45.8 Å². The molecule has 3 heterocycles. The van der Waals surface area contributed by atoms with Crippen LogP contribution in [-0.2, 0) is 14.3 Å². The van der Waals surface area contributed by atoms with Crippen molar-refractivity contribution < 1.29 is 19.1 Å². The second-order valence-corrected chi connectivity index (χ2v) is 5.32. The van der Waals surface area contributed by atoms with Crippen LogP contribution in [-0.4, -0.2) is 79.1 Å². The van der Waals surface area contributed by atoms with Crippen molar-refractivity contribution in [3.8, 4) is 0 Å². The largest absolute Gasteiger partial charge is 0.378 e. The van der Waals surface area contributed by atoms with Crippen molar-refractivity contribution in [2.75, 3.05) is 45.9 Å². The van der Waals surface area contributed by atoms with E-state index in [9.17, 15) is 14.4 Å². The van der Waals surface area contributed by atoms with Crippen molar-refractivity contribution >= 4 is 17.8 Å². The van der Waals surface area contributed by atoms with E-state index in [2.05, 4.69) is 10.6 Å². The minimum atomic E-state index is -0.845. The highest BCUT2D eigenvalue weighted by Gasteiger charge is 2.53. The van der Waals surface area contributed by atoms with E-state index in [1.54, 1.807) is 4.90 Å². The smallest absolute Gasteiger partial charge is 0.325 e. The number of carbonyl (C=O) groups excluding carboxylic acids is 3. The fourth-order valence-corrected chi connectivity index (χ4v) is 2.85. The van der Waals surface area contributed by atoms with Crippen LogP contribution in [0.25, 0.3) is 0 Å². The van der Waals surface area contributed by atoms with E-state index in [1.165, 1.54) is 0 Å². The van der Waals surface area contributed by atoms with Gasteiger partial charge >= 0.3 is 6.03 Å². The summed E-state index contributed by atoms with van der Waals surface area (Å²) in [7, 11) is 0. The Morgan fingerprint density at radius 1 is 1.30 bits per heavy atom. The zero-order chi connectivity index (χ0) is 14.2. The third-order valence-corrected chi connectivity index (χ3v) is 4.06. The third kappa shape index (κ3) is 2.14. The fourth-order valence-electron chi connectivity index (χ4n) is 2.85. The third-order valence-electron chi connectivity index (χ3n) is 4.06.